The van der Waals surface area contributed by atoms with Crippen molar-refractivity contribution < 1.29 is 4.79 Å². The van der Waals surface area contributed by atoms with Crippen LogP contribution in [0.1, 0.15) is 58.1 Å². The van der Waals surface area contributed by atoms with E-state index in [1.54, 1.807) is 0 Å². The van der Waals surface area contributed by atoms with Gasteiger partial charge in [-0.15, -0.1) is 12.4 Å². The quantitative estimate of drug-likeness (QED) is 0.790. The number of halogens is 1. The zero-order valence-electron chi connectivity index (χ0n) is 13.4. The molecular weight excluding hydrogens is 284 g/mol. The molecule has 0 aromatic heterocycles. The van der Waals surface area contributed by atoms with Crippen LogP contribution >= 0.6 is 12.4 Å². The van der Waals surface area contributed by atoms with Crippen LogP contribution in [0.3, 0.4) is 0 Å². The lowest BCUT2D eigenvalue weighted by Crippen LogP contribution is -2.45. The summed E-state index contributed by atoms with van der Waals surface area (Å²) < 4.78 is 0. The zero-order valence-corrected chi connectivity index (χ0v) is 14.2. The van der Waals surface area contributed by atoms with Crippen LogP contribution in [0.15, 0.2) is 30.3 Å². The van der Waals surface area contributed by atoms with Crippen molar-refractivity contribution in [3.8, 4) is 0 Å². The highest BCUT2D eigenvalue weighted by molar-refractivity contribution is 5.85. The lowest BCUT2D eigenvalue weighted by molar-refractivity contribution is -0.135. The minimum Gasteiger partial charge on any atom is -0.335 e. The Bertz CT molecular complexity index is 397. The molecule has 0 heterocycles. The van der Waals surface area contributed by atoms with E-state index in [9.17, 15) is 4.79 Å². The number of amides is 1. The molecule has 1 aromatic carbocycles. The number of unbranched alkanes of at least 4 members (excludes halogenated alkanes) is 1. The maximum absolute atomic E-state index is 12.6. The third-order valence-corrected chi connectivity index (χ3v) is 3.70. The normalized spacial score (nSPS) is 13.1. The largest absolute Gasteiger partial charge is 0.335 e. The van der Waals surface area contributed by atoms with Crippen molar-refractivity contribution in [2.45, 2.75) is 58.5 Å². The maximum atomic E-state index is 12.6. The van der Waals surface area contributed by atoms with Crippen LogP contribution in [0.4, 0.5) is 0 Å². The second kappa shape index (κ2) is 10.6. The third kappa shape index (κ3) is 6.06. The molecule has 120 valence electrons. The molecular formula is C17H29ClN2O. The highest BCUT2D eigenvalue weighted by Gasteiger charge is 2.25. The summed E-state index contributed by atoms with van der Waals surface area (Å²) >= 11 is 0. The molecule has 0 saturated carbocycles. The number of nitrogens with zero attached hydrogens (tertiary/aromatic N) is 1. The van der Waals surface area contributed by atoms with Gasteiger partial charge in [-0.1, -0.05) is 57.0 Å². The summed E-state index contributed by atoms with van der Waals surface area (Å²) in [7, 11) is 0. The van der Waals surface area contributed by atoms with Gasteiger partial charge in [-0.05, 0) is 25.3 Å². The number of rotatable bonds is 8. The molecule has 2 atom stereocenters. The second-order valence-corrected chi connectivity index (χ2v) is 5.37. The summed E-state index contributed by atoms with van der Waals surface area (Å²) in [5.41, 5.74) is 7.19. The van der Waals surface area contributed by atoms with Crippen molar-refractivity contribution in [2.75, 3.05) is 6.54 Å². The zero-order chi connectivity index (χ0) is 15.0. The van der Waals surface area contributed by atoms with E-state index in [4.69, 9.17) is 5.73 Å². The van der Waals surface area contributed by atoms with Crippen LogP contribution in [0, 0.1) is 0 Å². The first kappa shape index (κ1) is 19.9. The molecule has 4 heteroatoms. The summed E-state index contributed by atoms with van der Waals surface area (Å²) in [5, 5.41) is 0. The molecule has 2 N–H and O–H groups in total. The van der Waals surface area contributed by atoms with E-state index >= 15 is 0 Å². The van der Waals surface area contributed by atoms with E-state index in [0.29, 0.717) is 0 Å². The lowest BCUT2D eigenvalue weighted by Gasteiger charge is -2.32. The van der Waals surface area contributed by atoms with Crippen molar-refractivity contribution in [2.24, 2.45) is 5.73 Å². The fraction of sp³-hybridized carbons (Fsp3) is 0.588. The van der Waals surface area contributed by atoms with Crippen molar-refractivity contribution in [3.63, 3.8) is 0 Å². The number of carbonyl (C=O) groups is 1. The van der Waals surface area contributed by atoms with Gasteiger partial charge in [0.1, 0.15) is 0 Å². The predicted octanol–water partition coefficient (Wildman–Crippen LogP) is 3.93. The fourth-order valence-corrected chi connectivity index (χ4v) is 2.38. The van der Waals surface area contributed by atoms with Gasteiger partial charge in [-0.3, -0.25) is 4.79 Å². The van der Waals surface area contributed by atoms with Gasteiger partial charge in [0.05, 0.1) is 12.1 Å². The Morgan fingerprint density at radius 2 is 1.81 bits per heavy atom. The number of hydrogen-bond acceptors (Lipinski definition) is 2. The molecule has 3 nitrogen and oxygen atoms in total. The molecule has 0 spiro atoms. The van der Waals surface area contributed by atoms with Gasteiger partial charge >= 0.3 is 0 Å². The number of benzene rings is 1. The summed E-state index contributed by atoms with van der Waals surface area (Å²) in [6, 6.07) is 9.88. The molecule has 0 radical (unpaired) electrons. The Hall–Kier alpha value is -1.06. The number of hydrogen-bond donors (Lipinski definition) is 1. The van der Waals surface area contributed by atoms with Gasteiger partial charge in [-0.25, -0.2) is 0 Å². The third-order valence-electron chi connectivity index (χ3n) is 3.70. The Morgan fingerprint density at radius 1 is 1.19 bits per heavy atom. The number of nitrogens with two attached hydrogens (primary N) is 1. The molecule has 0 aliphatic carbocycles. The van der Waals surface area contributed by atoms with Crippen molar-refractivity contribution >= 4 is 18.3 Å². The first-order valence-electron chi connectivity index (χ1n) is 7.72. The van der Waals surface area contributed by atoms with Crippen molar-refractivity contribution in [1.82, 2.24) is 4.90 Å². The van der Waals surface area contributed by atoms with E-state index in [1.807, 2.05) is 23.1 Å². The van der Waals surface area contributed by atoms with Crippen LogP contribution in [-0.4, -0.2) is 23.4 Å². The SMILES string of the molecule is CCCCN(C(=O)C(N)CCC)C(C)c1ccccc1.Cl. The van der Waals surface area contributed by atoms with Gasteiger partial charge < -0.3 is 10.6 Å². The summed E-state index contributed by atoms with van der Waals surface area (Å²) in [6.45, 7) is 7.07. The minimum absolute atomic E-state index is 0. The molecule has 1 rings (SSSR count). The molecule has 0 fully saturated rings. The van der Waals surface area contributed by atoms with Crippen LogP contribution in [-0.2, 0) is 4.79 Å². The first-order chi connectivity index (χ1) is 9.61. The molecule has 0 aliphatic heterocycles. The van der Waals surface area contributed by atoms with Gasteiger partial charge in [0, 0.05) is 6.54 Å². The van der Waals surface area contributed by atoms with Gasteiger partial charge in [0.2, 0.25) is 5.91 Å². The topological polar surface area (TPSA) is 46.3 Å². The maximum Gasteiger partial charge on any atom is 0.239 e. The monoisotopic (exact) mass is 312 g/mol. The lowest BCUT2D eigenvalue weighted by atomic mass is 10.0. The molecule has 0 saturated heterocycles. The van der Waals surface area contributed by atoms with Gasteiger partial charge in [0.25, 0.3) is 0 Å². The molecule has 1 amide bonds. The Balaban J connectivity index is 0.00000400. The first-order valence-corrected chi connectivity index (χ1v) is 7.72. The Labute approximate surface area is 135 Å². The molecule has 0 bridgehead atoms. The van der Waals surface area contributed by atoms with Crippen molar-refractivity contribution in [1.29, 1.82) is 0 Å². The Kier molecular flexibility index (Phi) is 10.1. The molecule has 2 unspecified atom stereocenters. The van der Waals surface area contributed by atoms with Crippen LogP contribution in [0.5, 0.6) is 0 Å². The highest BCUT2D eigenvalue weighted by Crippen LogP contribution is 2.21. The summed E-state index contributed by atoms with van der Waals surface area (Å²) in [5.74, 6) is 0.0802. The summed E-state index contributed by atoms with van der Waals surface area (Å²) in [6.07, 6.45) is 3.78. The summed E-state index contributed by atoms with van der Waals surface area (Å²) in [4.78, 5) is 14.5. The van der Waals surface area contributed by atoms with Crippen molar-refractivity contribution in [3.05, 3.63) is 35.9 Å². The molecule has 21 heavy (non-hydrogen) atoms. The average Bonchev–Trinajstić information content (AvgIpc) is 2.48. The minimum atomic E-state index is -0.372. The van der Waals surface area contributed by atoms with E-state index in [-0.39, 0.29) is 30.4 Å². The van der Waals surface area contributed by atoms with E-state index < -0.39 is 0 Å². The Morgan fingerprint density at radius 3 is 2.33 bits per heavy atom. The van der Waals surface area contributed by atoms with Crippen LogP contribution < -0.4 is 5.73 Å². The molecule has 0 aliphatic rings. The highest BCUT2D eigenvalue weighted by atomic mass is 35.5. The predicted molar refractivity (Wildman–Crippen MR) is 91.6 cm³/mol. The van der Waals surface area contributed by atoms with E-state index in [2.05, 4.69) is 32.9 Å². The number of carbonyl (C=O) groups excluding carboxylic acids is 1. The average molecular weight is 313 g/mol. The fourth-order valence-electron chi connectivity index (χ4n) is 2.38. The second-order valence-electron chi connectivity index (χ2n) is 5.37. The molecule has 1 aromatic rings. The standard InChI is InChI=1S/C17H28N2O.ClH/c1-4-6-13-19(17(20)16(18)10-5-2)14(3)15-11-8-7-9-12-15;/h7-9,11-12,14,16H,4-6,10,13,18H2,1-3H3;1H. The smallest absolute Gasteiger partial charge is 0.239 e. The van der Waals surface area contributed by atoms with Crippen LogP contribution in [0.2, 0.25) is 0 Å². The van der Waals surface area contributed by atoms with Crippen LogP contribution in [0.25, 0.3) is 0 Å². The van der Waals surface area contributed by atoms with Gasteiger partial charge in [0.15, 0.2) is 0 Å². The van der Waals surface area contributed by atoms with E-state index in [1.165, 1.54) is 5.56 Å². The van der Waals surface area contributed by atoms with E-state index in [0.717, 1.165) is 32.2 Å². The van der Waals surface area contributed by atoms with Gasteiger partial charge in [-0.2, -0.15) is 0 Å².